The van der Waals surface area contributed by atoms with Crippen LogP contribution in [0, 0.1) is 6.92 Å². The third-order valence-corrected chi connectivity index (χ3v) is 3.33. The van der Waals surface area contributed by atoms with Gasteiger partial charge in [-0.15, -0.1) is 0 Å². The fourth-order valence-electron chi connectivity index (χ4n) is 2.31. The Kier molecular flexibility index (Phi) is 13.1. The molecule has 0 aliphatic carbocycles. The molecule has 0 aromatic carbocycles. The van der Waals surface area contributed by atoms with Crippen molar-refractivity contribution in [2.24, 2.45) is 5.73 Å². The smallest absolute Gasteiger partial charge is 0.0594 e. The highest BCUT2D eigenvalue weighted by atomic mass is 16.5. The van der Waals surface area contributed by atoms with Crippen LogP contribution in [0.25, 0.3) is 0 Å². The first-order valence-electron chi connectivity index (χ1n) is 8.70. The van der Waals surface area contributed by atoms with Crippen LogP contribution in [0.3, 0.4) is 0 Å². The number of hydrogen-bond donors (Lipinski definition) is 1. The van der Waals surface area contributed by atoms with E-state index in [0.717, 1.165) is 45.7 Å². The molecule has 2 heterocycles. The van der Waals surface area contributed by atoms with E-state index in [4.69, 9.17) is 10.5 Å². The molecule has 1 saturated heterocycles. The molecule has 1 fully saturated rings. The van der Waals surface area contributed by atoms with Crippen LogP contribution in [0.5, 0.6) is 0 Å². The number of aryl methyl sites for hydroxylation is 2. The van der Waals surface area contributed by atoms with Crippen molar-refractivity contribution >= 4 is 0 Å². The van der Waals surface area contributed by atoms with E-state index in [9.17, 15) is 0 Å². The van der Waals surface area contributed by atoms with E-state index in [-0.39, 0.29) is 6.04 Å². The number of ether oxygens (including phenoxy) is 1. The van der Waals surface area contributed by atoms with Crippen LogP contribution in [0.1, 0.15) is 45.2 Å². The molecule has 0 radical (unpaired) electrons. The Morgan fingerprint density at radius 2 is 1.82 bits per heavy atom. The van der Waals surface area contributed by atoms with Gasteiger partial charge in [-0.2, -0.15) is 0 Å². The molecule has 1 aliphatic rings. The van der Waals surface area contributed by atoms with Gasteiger partial charge in [0, 0.05) is 38.1 Å². The molecular formula is C18H35N3O. The molecule has 22 heavy (non-hydrogen) atoms. The predicted molar refractivity (Wildman–Crippen MR) is 95.2 cm³/mol. The Balaban J connectivity index is 0.00000102. The minimum atomic E-state index is 0.239. The molecule has 0 amide bonds. The Hall–Kier alpha value is -0.970. The summed E-state index contributed by atoms with van der Waals surface area (Å²) in [6.07, 6.45) is 5.86. The Morgan fingerprint density at radius 1 is 1.18 bits per heavy atom. The number of nitrogens with zero attached hydrogens (tertiary/aromatic N) is 2. The summed E-state index contributed by atoms with van der Waals surface area (Å²) in [6.45, 7) is 14.8. The van der Waals surface area contributed by atoms with Crippen molar-refractivity contribution in [2.45, 2.75) is 53.5 Å². The van der Waals surface area contributed by atoms with Gasteiger partial charge in [-0.25, -0.2) is 0 Å². The van der Waals surface area contributed by atoms with Crippen molar-refractivity contribution in [1.82, 2.24) is 9.88 Å². The molecule has 4 heteroatoms. The van der Waals surface area contributed by atoms with Gasteiger partial charge in [0.2, 0.25) is 0 Å². The normalized spacial score (nSPS) is 15.9. The first kappa shape index (κ1) is 21.0. The van der Waals surface area contributed by atoms with Crippen molar-refractivity contribution in [2.75, 3.05) is 32.8 Å². The zero-order valence-electron chi connectivity index (χ0n) is 15.1. The van der Waals surface area contributed by atoms with Crippen molar-refractivity contribution in [3.8, 4) is 0 Å². The topological polar surface area (TPSA) is 51.4 Å². The molecule has 1 atom stereocenters. The fourth-order valence-corrected chi connectivity index (χ4v) is 2.31. The maximum atomic E-state index is 6.19. The third kappa shape index (κ3) is 9.13. The van der Waals surface area contributed by atoms with Gasteiger partial charge in [0.25, 0.3) is 0 Å². The van der Waals surface area contributed by atoms with E-state index in [1.807, 2.05) is 40.1 Å². The summed E-state index contributed by atoms with van der Waals surface area (Å²) in [5, 5.41) is 0. The minimum absolute atomic E-state index is 0.239. The van der Waals surface area contributed by atoms with Crippen LogP contribution in [0.15, 0.2) is 18.5 Å². The minimum Gasteiger partial charge on any atom is -0.379 e. The molecule has 1 aliphatic heterocycles. The lowest BCUT2D eigenvalue weighted by molar-refractivity contribution is 0.0350. The molecule has 0 saturated carbocycles. The molecule has 1 aromatic heterocycles. The van der Waals surface area contributed by atoms with Crippen LogP contribution in [0.4, 0.5) is 0 Å². The summed E-state index contributed by atoms with van der Waals surface area (Å²) in [7, 11) is 0. The maximum absolute atomic E-state index is 6.19. The average Bonchev–Trinajstić information content (AvgIpc) is 2.58. The van der Waals surface area contributed by atoms with E-state index in [1.165, 1.54) is 11.1 Å². The highest BCUT2D eigenvalue weighted by Gasteiger charge is 2.13. The highest BCUT2D eigenvalue weighted by Crippen LogP contribution is 2.07. The molecule has 1 aromatic rings. The van der Waals surface area contributed by atoms with Gasteiger partial charge in [-0.05, 0) is 30.9 Å². The number of nitrogens with two attached hydrogens (primary N) is 1. The van der Waals surface area contributed by atoms with Crippen molar-refractivity contribution in [3.63, 3.8) is 0 Å². The van der Waals surface area contributed by atoms with Gasteiger partial charge in [-0.1, -0.05) is 33.8 Å². The summed E-state index contributed by atoms with van der Waals surface area (Å²) in [6, 6.07) is 2.43. The van der Waals surface area contributed by atoms with E-state index in [1.54, 1.807) is 0 Å². The quantitative estimate of drug-likeness (QED) is 0.908. The van der Waals surface area contributed by atoms with Gasteiger partial charge in [0.15, 0.2) is 0 Å². The molecule has 2 N–H and O–H groups in total. The Bertz CT molecular complexity index is 365. The lowest BCUT2D eigenvalue weighted by Crippen LogP contribution is -2.43. The number of hydrogen-bond acceptors (Lipinski definition) is 4. The van der Waals surface area contributed by atoms with Crippen molar-refractivity contribution < 1.29 is 4.74 Å². The van der Waals surface area contributed by atoms with Gasteiger partial charge in [0.1, 0.15) is 0 Å². The van der Waals surface area contributed by atoms with Gasteiger partial charge < -0.3 is 10.5 Å². The average molecular weight is 309 g/mol. The van der Waals surface area contributed by atoms with Crippen LogP contribution < -0.4 is 5.73 Å². The van der Waals surface area contributed by atoms with E-state index in [0.29, 0.717) is 0 Å². The number of rotatable bonds is 5. The lowest BCUT2D eigenvalue weighted by Gasteiger charge is -2.29. The van der Waals surface area contributed by atoms with E-state index < -0.39 is 0 Å². The van der Waals surface area contributed by atoms with E-state index in [2.05, 4.69) is 22.9 Å². The van der Waals surface area contributed by atoms with Crippen molar-refractivity contribution in [1.29, 1.82) is 0 Å². The molecule has 4 nitrogen and oxygen atoms in total. The summed E-state index contributed by atoms with van der Waals surface area (Å²) in [5.74, 6) is 0. The summed E-state index contributed by atoms with van der Waals surface area (Å²) in [4.78, 5) is 6.60. The molecule has 0 bridgehead atoms. The molecular weight excluding hydrogens is 274 g/mol. The predicted octanol–water partition coefficient (Wildman–Crippen LogP) is 3.03. The second-order valence-corrected chi connectivity index (χ2v) is 5.08. The third-order valence-electron chi connectivity index (χ3n) is 3.33. The largest absolute Gasteiger partial charge is 0.379 e. The number of aromatic nitrogens is 1. The SMILES string of the molecule is CC.CC.Cc1cncc(CCC(N)CN2CCOCC2)c1. The summed E-state index contributed by atoms with van der Waals surface area (Å²) < 4.78 is 5.33. The standard InChI is InChI=1S/C14H23N3O.2C2H6/c1-12-8-13(10-16-9-12)2-3-14(15)11-17-4-6-18-7-5-17;2*1-2/h8-10,14H,2-7,11,15H2,1H3;2*1-2H3. The summed E-state index contributed by atoms with van der Waals surface area (Å²) >= 11 is 0. The second kappa shape index (κ2) is 13.7. The number of morpholine rings is 1. The van der Waals surface area contributed by atoms with Crippen LogP contribution in [-0.4, -0.2) is 48.8 Å². The van der Waals surface area contributed by atoms with Gasteiger partial charge >= 0.3 is 0 Å². The van der Waals surface area contributed by atoms with Crippen LogP contribution in [0.2, 0.25) is 0 Å². The maximum Gasteiger partial charge on any atom is 0.0594 e. The molecule has 2 rings (SSSR count). The van der Waals surface area contributed by atoms with Crippen molar-refractivity contribution in [3.05, 3.63) is 29.6 Å². The van der Waals surface area contributed by atoms with E-state index >= 15 is 0 Å². The first-order chi connectivity index (χ1) is 10.7. The second-order valence-electron chi connectivity index (χ2n) is 5.08. The highest BCUT2D eigenvalue weighted by molar-refractivity contribution is 5.16. The van der Waals surface area contributed by atoms with Gasteiger partial charge in [0.05, 0.1) is 13.2 Å². The fraction of sp³-hybridized carbons (Fsp3) is 0.722. The van der Waals surface area contributed by atoms with Crippen LogP contribution >= 0.6 is 0 Å². The number of pyridine rings is 1. The molecule has 1 unspecified atom stereocenters. The zero-order chi connectivity index (χ0) is 16.8. The first-order valence-corrected chi connectivity index (χ1v) is 8.70. The Morgan fingerprint density at radius 3 is 2.41 bits per heavy atom. The Labute approximate surface area is 137 Å². The molecule has 128 valence electrons. The van der Waals surface area contributed by atoms with Gasteiger partial charge in [-0.3, -0.25) is 9.88 Å². The lowest BCUT2D eigenvalue weighted by atomic mass is 10.1. The summed E-state index contributed by atoms with van der Waals surface area (Å²) in [5.41, 5.74) is 8.69. The van der Waals surface area contributed by atoms with Crippen LogP contribution in [-0.2, 0) is 11.2 Å². The monoisotopic (exact) mass is 309 g/mol. The molecule has 0 spiro atoms. The zero-order valence-corrected chi connectivity index (χ0v) is 15.1.